The Labute approximate surface area is 150 Å². The van der Waals surface area contributed by atoms with E-state index in [9.17, 15) is 9.00 Å². The van der Waals surface area contributed by atoms with Crippen molar-refractivity contribution in [1.29, 1.82) is 0 Å². The topological polar surface area (TPSA) is 43.4 Å². The van der Waals surface area contributed by atoms with Crippen molar-refractivity contribution in [2.75, 3.05) is 7.11 Å². The molecule has 4 atom stereocenters. The molecule has 1 aromatic carbocycles. The third-order valence-electron chi connectivity index (χ3n) is 4.51. The molecule has 136 valence electrons. The zero-order valence-corrected chi connectivity index (χ0v) is 17.9. The van der Waals surface area contributed by atoms with Gasteiger partial charge in [-0.25, -0.2) is 0 Å². The van der Waals surface area contributed by atoms with Gasteiger partial charge in [-0.3, -0.25) is 9.00 Å². The highest BCUT2D eigenvalue weighted by molar-refractivity contribution is 7.85. The summed E-state index contributed by atoms with van der Waals surface area (Å²) in [6, 6.07) is 8.86. The van der Waals surface area contributed by atoms with Crippen LogP contribution in [0.15, 0.2) is 29.2 Å². The number of benzene rings is 1. The molecule has 0 saturated heterocycles. The van der Waals surface area contributed by atoms with Gasteiger partial charge in [0.15, 0.2) is 0 Å². The lowest BCUT2D eigenvalue weighted by Crippen LogP contribution is -2.39. The van der Waals surface area contributed by atoms with Crippen molar-refractivity contribution in [1.82, 2.24) is 0 Å². The third-order valence-corrected chi connectivity index (χ3v) is 8.27. The van der Waals surface area contributed by atoms with E-state index >= 15 is 0 Å². The minimum absolute atomic E-state index is 0.0153. The minimum atomic E-state index is -1.44. The maximum atomic E-state index is 13.3. The molecule has 0 bridgehead atoms. The molecule has 0 radical (unpaired) electrons. The van der Waals surface area contributed by atoms with Gasteiger partial charge in [0.2, 0.25) is 0 Å². The number of aryl methyl sites for hydroxylation is 1. The van der Waals surface area contributed by atoms with Gasteiger partial charge < -0.3 is 4.74 Å². The second-order valence-corrected chi connectivity index (χ2v) is 15.0. The predicted molar refractivity (Wildman–Crippen MR) is 104 cm³/mol. The normalized spacial score (nSPS) is 17.0. The van der Waals surface area contributed by atoms with E-state index in [1.54, 1.807) is 0 Å². The molecule has 0 aliphatic heterocycles. The van der Waals surface area contributed by atoms with Crippen LogP contribution in [0.2, 0.25) is 25.7 Å². The SMILES string of the molecule is CC[C@@H]([C@H](C)C(=O)OC)[C@H](C[Si](C)(C)C)S(=O)c1ccc(C)cc1. The van der Waals surface area contributed by atoms with Crippen molar-refractivity contribution in [2.24, 2.45) is 11.8 Å². The van der Waals surface area contributed by atoms with Crippen LogP contribution in [-0.4, -0.2) is 30.6 Å². The van der Waals surface area contributed by atoms with Crippen molar-refractivity contribution in [3.63, 3.8) is 0 Å². The summed E-state index contributed by atoms with van der Waals surface area (Å²) in [5.74, 6) is -0.384. The molecular weight excluding hydrogens is 336 g/mol. The Morgan fingerprint density at radius 2 is 1.75 bits per heavy atom. The smallest absolute Gasteiger partial charge is 0.308 e. The molecule has 24 heavy (non-hydrogen) atoms. The Morgan fingerprint density at radius 1 is 1.21 bits per heavy atom. The van der Waals surface area contributed by atoms with Crippen LogP contribution in [0.4, 0.5) is 0 Å². The number of rotatable bonds is 8. The summed E-state index contributed by atoms with van der Waals surface area (Å²) in [7, 11) is -1.13. The van der Waals surface area contributed by atoms with Crippen molar-refractivity contribution in [3.8, 4) is 0 Å². The molecule has 0 spiro atoms. The Hall–Kier alpha value is -0.943. The Kier molecular flexibility index (Phi) is 7.87. The fourth-order valence-corrected chi connectivity index (χ4v) is 8.25. The molecule has 1 unspecified atom stereocenters. The van der Waals surface area contributed by atoms with E-state index in [0.717, 1.165) is 22.9 Å². The van der Waals surface area contributed by atoms with E-state index in [0.29, 0.717) is 0 Å². The average molecular weight is 369 g/mol. The monoisotopic (exact) mass is 368 g/mol. The van der Waals surface area contributed by atoms with Crippen LogP contribution >= 0.6 is 0 Å². The number of carbonyl (C=O) groups excluding carboxylic acids is 1. The molecule has 0 amide bonds. The van der Waals surface area contributed by atoms with E-state index < -0.39 is 18.9 Å². The number of hydrogen-bond donors (Lipinski definition) is 0. The highest BCUT2D eigenvalue weighted by Crippen LogP contribution is 2.33. The van der Waals surface area contributed by atoms with Crippen LogP contribution in [0.3, 0.4) is 0 Å². The first kappa shape index (κ1) is 21.1. The highest BCUT2D eigenvalue weighted by atomic mass is 32.2. The summed E-state index contributed by atoms with van der Waals surface area (Å²) >= 11 is 0. The Morgan fingerprint density at radius 3 is 2.17 bits per heavy atom. The summed E-state index contributed by atoms with van der Waals surface area (Å²) in [5.41, 5.74) is 1.16. The number of esters is 1. The van der Waals surface area contributed by atoms with Gasteiger partial charge in [-0.2, -0.15) is 0 Å². The Balaban J connectivity index is 3.20. The van der Waals surface area contributed by atoms with Crippen molar-refractivity contribution >= 4 is 24.8 Å². The number of ether oxygens (including phenoxy) is 1. The molecule has 0 aromatic heterocycles. The highest BCUT2D eigenvalue weighted by Gasteiger charge is 2.37. The number of methoxy groups -OCH3 is 1. The predicted octanol–water partition coefficient (Wildman–Crippen LogP) is 4.64. The molecule has 1 aromatic rings. The van der Waals surface area contributed by atoms with Crippen LogP contribution in [0.1, 0.15) is 25.8 Å². The van der Waals surface area contributed by atoms with Crippen LogP contribution in [0, 0.1) is 18.8 Å². The first-order valence-electron chi connectivity index (χ1n) is 8.65. The fourth-order valence-electron chi connectivity index (χ4n) is 3.14. The molecule has 0 N–H and O–H groups in total. The van der Waals surface area contributed by atoms with Crippen LogP contribution in [-0.2, 0) is 20.3 Å². The van der Waals surface area contributed by atoms with Gasteiger partial charge in [-0.15, -0.1) is 0 Å². The lowest BCUT2D eigenvalue weighted by atomic mass is 9.89. The fraction of sp³-hybridized carbons (Fsp3) is 0.632. The van der Waals surface area contributed by atoms with E-state index in [2.05, 4.69) is 26.6 Å². The van der Waals surface area contributed by atoms with Crippen molar-refractivity contribution in [2.45, 2.75) is 63.0 Å². The second kappa shape index (κ2) is 8.95. The summed E-state index contributed by atoms with van der Waals surface area (Å²) < 4.78 is 18.3. The van der Waals surface area contributed by atoms with Crippen LogP contribution < -0.4 is 0 Å². The molecule has 0 aliphatic rings. The molecule has 5 heteroatoms. The van der Waals surface area contributed by atoms with Crippen LogP contribution in [0.25, 0.3) is 0 Å². The summed E-state index contributed by atoms with van der Waals surface area (Å²) in [6.07, 6.45) is 0.822. The third kappa shape index (κ3) is 5.85. The average Bonchev–Trinajstić information content (AvgIpc) is 2.52. The van der Waals surface area contributed by atoms with Gasteiger partial charge in [-0.1, -0.05) is 57.6 Å². The molecule has 0 saturated carbocycles. The van der Waals surface area contributed by atoms with E-state index in [4.69, 9.17) is 4.74 Å². The first-order chi connectivity index (χ1) is 11.1. The molecule has 0 aliphatic carbocycles. The van der Waals surface area contributed by atoms with Gasteiger partial charge in [0.25, 0.3) is 0 Å². The van der Waals surface area contributed by atoms with Gasteiger partial charge in [0.05, 0.1) is 23.8 Å². The largest absolute Gasteiger partial charge is 0.469 e. The Bertz CT molecular complexity index is 563. The molecule has 3 nitrogen and oxygen atoms in total. The summed E-state index contributed by atoms with van der Waals surface area (Å²) in [4.78, 5) is 12.9. The lowest BCUT2D eigenvalue weighted by molar-refractivity contribution is -0.146. The second-order valence-electron chi connectivity index (χ2n) is 7.80. The van der Waals surface area contributed by atoms with E-state index in [1.807, 2.05) is 38.1 Å². The lowest BCUT2D eigenvalue weighted by Gasteiger charge is -2.33. The number of hydrogen-bond acceptors (Lipinski definition) is 3. The standard InChI is InChI=1S/C19H32O3SSi/c1-8-17(15(3)19(20)22-4)18(13-24(5,6)7)23(21)16-11-9-14(2)10-12-16/h9-12,15,17-18H,8,13H2,1-7H3/t15-,17-,18-,23?/m0/s1. The zero-order chi connectivity index (χ0) is 18.5. The van der Waals surface area contributed by atoms with Gasteiger partial charge >= 0.3 is 5.97 Å². The number of carbonyl (C=O) groups is 1. The van der Waals surface area contributed by atoms with Gasteiger partial charge in [0, 0.05) is 18.2 Å². The first-order valence-corrected chi connectivity index (χ1v) is 13.6. The zero-order valence-electron chi connectivity index (χ0n) is 16.1. The maximum absolute atomic E-state index is 13.3. The van der Waals surface area contributed by atoms with Crippen molar-refractivity contribution in [3.05, 3.63) is 29.8 Å². The van der Waals surface area contributed by atoms with E-state index in [-0.39, 0.29) is 23.1 Å². The quantitative estimate of drug-likeness (QED) is 0.496. The summed E-state index contributed by atoms with van der Waals surface area (Å²) in [5, 5.41) is -0.0153. The van der Waals surface area contributed by atoms with E-state index in [1.165, 1.54) is 7.11 Å². The molecular formula is C19H32O3SSi. The maximum Gasteiger partial charge on any atom is 0.308 e. The molecule has 1 rings (SSSR count). The van der Waals surface area contributed by atoms with Crippen molar-refractivity contribution < 1.29 is 13.7 Å². The molecule has 0 fully saturated rings. The van der Waals surface area contributed by atoms with Gasteiger partial charge in [-0.05, 0) is 31.0 Å². The summed E-state index contributed by atoms with van der Waals surface area (Å²) in [6.45, 7) is 12.9. The minimum Gasteiger partial charge on any atom is -0.469 e. The van der Waals surface area contributed by atoms with Crippen LogP contribution in [0.5, 0.6) is 0 Å². The van der Waals surface area contributed by atoms with Gasteiger partial charge in [0.1, 0.15) is 0 Å². The molecule has 0 heterocycles.